The predicted octanol–water partition coefficient (Wildman–Crippen LogP) is 3.16. The molecule has 0 spiro atoms. The molecule has 7 heteroatoms. The standard InChI is InChI=1S/C25H40N4O3/c1-20(12-13-22-10-6-4-7-11-22)23(14-15-27-24(30)21(2)26)32-25(31)28(3)18-19-29-16-8-5-9-17-29/h4,6-7,10-11,14,20-21H,5,8-9,12-13,15-19,26H2,1-3H3,(H,27,30)/t20-,21-/m1/s1. The molecule has 0 radical (unpaired) electrons. The zero-order chi connectivity index (χ0) is 23.3. The van der Waals surface area contributed by atoms with Crippen LogP contribution in [0.3, 0.4) is 0 Å². The van der Waals surface area contributed by atoms with Crippen molar-refractivity contribution in [3.8, 4) is 0 Å². The summed E-state index contributed by atoms with van der Waals surface area (Å²) in [5, 5.41) is 2.76. The molecular formula is C25H40N4O3. The van der Waals surface area contributed by atoms with Gasteiger partial charge in [-0.25, -0.2) is 4.79 Å². The van der Waals surface area contributed by atoms with E-state index >= 15 is 0 Å². The van der Waals surface area contributed by atoms with Crippen LogP contribution in [0.5, 0.6) is 0 Å². The third-order valence-corrected chi connectivity index (χ3v) is 5.90. The van der Waals surface area contributed by atoms with Gasteiger partial charge in [0.1, 0.15) is 5.76 Å². The molecule has 0 aliphatic carbocycles. The average molecular weight is 445 g/mol. The largest absolute Gasteiger partial charge is 0.415 e. The number of nitrogens with zero attached hydrogens (tertiary/aromatic N) is 2. The molecule has 1 aliphatic rings. The van der Waals surface area contributed by atoms with Gasteiger partial charge in [-0.1, -0.05) is 43.7 Å². The van der Waals surface area contributed by atoms with Crippen molar-refractivity contribution in [2.45, 2.75) is 52.0 Å². The van der Waals surface area contributed by atoms with Crippen molar-refractivity contribution in [1.82, 2.24) is 15.1 Å². The number of nitrogens with one attached hydrogen (secondary N) is 1. The molecule has 1 fully saturated rings. The van der Waals surface area contributed by atoms with Crippen molar-refractivity contribution in [2.75, 3.05) is 39.8 Å². The molecule has 32 heavy (non-hydrogen) atoms. The number of rotatable bonds is 11. The summed E-state index contributed by atoms with van der Waals surface area (Å²) in [7, 11) is 1.77. The highest BCUT2D eigenvalue weighted by atomic mass is 16.6. The summed E-state index contributed by atoms with van der Waals surface area (Å²) in [6.45, 7) is 7.65. The molecule has 178 valence electrons. The number of likely N-dealkylation sites (tertiary alicyclic amines) is 1. The van der Waals surface area contributed by atoms with Crippen LogP contribution in [-0.4, -0.2) is 67.6 Å². The second kappa shape index (κ2) is 13.9. The number of allylic oxidation sites excluding steroid dienone is 1. The molecule has 0 saturated carbocycles. The van der Waals surface area contributed by atoms with Gasteiger partial charge in [-0.3, -0.25) is 4.79 Å². The number of aryl methyl sites for hydroxylation is 1. The van der Waals surface area contributed by atoms with E-state index in [0.717, 1.165) is 32.5 Å². The number of hydrogen-bond acceptors (Lipinski definition) is 5. The highest BCUT2D eigenvalue weighted by molar-refractivity contribution is 5.81. The van der Waals surface area contributed by atoms with Gasteiger partial charge in [0.25, 0.3) is 0 Å². The van der Waals surface area contributed by atoms with Gasteiger partial charge in [0, 0.05) is 32.6 Å². The van der Waals surface area contributed by atoms with Gasteiger partial charge < -0.3 is 25.6 Å². The number of piperidine rings is 1. The highest BCUT2D eigenvalue weighted by Crippen LogP contribution is 2.20. The van der Waals surface area contributed by atoms with Crippen LogP contribution in [0.1, 0.15) is 45.1 Å². The number of benzene rings is 1. The summed E-state index contributed by atoms with van der Waals surface area (Å²) in [5.41, 5.74) is 6.86. The average Bonchev–Trinajstić information content (AvgIpc) is 2.81. The number of hydrogen-bond donors (Lipinski definition) is 2. The lowest BCUT2D eigenvalue weighted by atomic mass is 9.99. The Kier molecular flexibility index (Phi) is 11.2. The highest BCUT2D eigenvalue weighted by Gasteiger charge is 2.19. The number of ether oxygens (including phenoxy) is 1. The Balaban J connectivity index is 1.93. The molecule has 2 atom stereocenters. The van der Waals surface area contributed by atoms with Crippen LogP contribution in [0.2, 0.25) is 0 Å². The fourth-order valence-electron chi connectivity index (χ4n) is 3.67. The minimum absolute atomic E-state index is 0.0295. The molecule has 1 aliphatic heterocycles. The van der Waals surface area contributed by atoms with Crippen LogP contribution >= 0.6 is 0 Å². The van der Waals surface area contributed by atoms with Crippen molar-refractivity contribution in [3.05, 3.63) is 47.7 Å². The van der Waals surface area contributed by atoms with E-state index in [1.54, 1.807) is 24.9 Å². The summed E-state index contributed by atoms with van der Waals surface area (Å²) in [5.74, 6) is 0.380. The van der Waals surface area contributed by atoms with E-state index in [0.29, 0.717) is 12.3 Å². The van der Waals surface area contributed by atoms with E-state index in [-0.39, 0.29) is 24.5 Å². The lowest BCUT2D eigenvalue weighted by molar-refractivity contribution is -0.121. The lowest BCUT2D eigenvalue weighted by Gasteiger charge is -2.28. The molecule has 1 heterocycles. The summed E-state index contributed by atoms with van der Waals surface area (Å²) in [6, 6.07) is 9.67. The van der Waals surface area contributed by atoms with Crippen LogP contribution in [0.4, 0.5) is 4.79 Å². The Hall–Kier alpha value is -2.38. The molecule has 3 N–H and O–H groups in total. The van der Waals surface area contributed by atoms with Gasteiger partial charge in [-0.15, -0.1) is 0 Å². The smallest absolute Gasteiger partial charge is 0.414 e. The number of carbonyl (C=O) groups excluding carboxylic acids is 2. The Labute approximate surface area is 193 Å². The van der Waals surface area contributed by atoms with Crippen molar-refractivity contribution >= 4 is 12.0 Å². The van der Waals surface area contributed by atoms with Gasteiger partial charge in [0.15, 0.2) is 0 Å². The van der Waals surface area contributed by atoms with Crippen molar-refractivity contribution in [1.29, 1.82) is 0 Å². The van der Waals surface area contributed by atoms with Crippen LogP contribution in [-0.2, 0) is 16.0 Å². The van der Waals surface area contributed by atoms with E-state index in [1.165, 1.54) is 24.8 Å². The lowest BCUT2D eigenvalue weighted by Crippen LogP contribution is -2.39. The van der Waals surface area contributed by atoms with Gasteiger partial charge in [0.05, 0.1) is 6.04 Å². The first kappa shape index (κ1) is 25.9. The van der Waals surface area contributed by atoms with Gasteiger partial charge in [-0.2, -0.15) is 0 Å². The van der Waals surface area contributed by atoms with E-state index in [4.69, 9.17) is 10.5 Å². The van der Waals surface area contributed by atoms with Crippen molar-refractivity contribution < 1.29 is 14.3 Å². The van der Waals surface area contributed by atoms with Crippen LogP contribution in [0.25, 0.3) is 0 Å². The summed E-state index contributed by atoms with van der Waals surface area (Å²) in [4.78, 5) is 28.6. The topological polar surface area (TPSA) is 87.9 Å². The maximum Gasteiger partial charge on any atom is 0.414 e. The zero-order valence-electron chi connectivity index (χ0n) is 19.9. The quantitative estimate of drug-likeness (QED) is 0.512. The normalized spacial score (nSPS) is 16.8. The number of amides is 2. The minimum atomic E-state index is -0.578. The maximum atomic E-state index is 12.7. The fourth-order valence-corrected chi connectivity index (χ4v) is 3.67. The molecule has 0 aromatic heterocycles. The Morgan fingerprint density at radius 1 is 1.19 bits per heavy atom. The predicted molar refractivity (Wildman–Crippen MR) is 128 cm³/mol. The molecule has 2 rings (SSSR count). The Morgan fingerprint density at radius 2 is 1.88 bits per heavy atom. The Morgan fingerprint density at radius 3 is 2.53 bits per heavy atom. The van der Waals surface area contributed by atoms with E-state index in [2.05, 4.69) is 22.3 Å². The third kappa shape index (κ3) is 9.40. The van der Waals surface area contributed by atoms with E-state index < -0.39 is 6.04 Å². The molecule has 1 saturated heterocycles. The van der Waals surface area contributed by atoms with Crippen molar-refractivity contribution in [3.63, 3.8) is 0 Å². The van der Waals surface area contributed by atoms with E-state index in [1.807, 2.05) is 25.1 Å². The second-order valence-corrected chi connectivity index (χ2v) is 8.76. The third-order valence-electron chi connectivity index (χ3n) is 5.90. The van der Waals surface area contributed by atoms with Crippen LogP contribution in [0, 0.1) is 5.92 Å². The molecule has 1 aromatic rings. The first-order chi connectivity index (χ1) is 15.4. The Bertz CT molecular complexity index is 730. The molecular weight excluding hydrogens is 404 g/mol. The first-order valence-electron chi connectivity index (χ1n) is 11.8. The zero-order valence-corrected chi connectivity index (χ0v) is 19.9. The second-order valence-electron chi connectivity index (χ2n) is 8.76. The molecule has 2 amide bonds. The number of carbonyl (C=O) groups is 2. The van der Waals surface area contributed by atoms with Gasteiger partial charge in [-0.05, 0) is 57.3 Å². The monoisotopic (exact) mass is 444 g/mol. The summed E-state index contributed by atoms with van der Waals surface area (Å²) < 4.78 is 5.79. The summed E-state index contributed by atoms with van der Waals surface area (Å²) in [6.07, 6.45) is 6.89. The van der Waals surface area contributed by atoms with Gasteiger partial charge in [0.2, 0.25) is 5.91 Å². The molecule has 0 unspecified atom stereocenters. The SMILES string of the molecule is C[C@H](CCc1ccccc1)C(=CCNC(=O)[C@@H](C)N)OC(=O)N(C)CCN1CCCCC1. The molecule has 0 bridgehead atoms. The number of nitrogens with two attached hydrogens (primary N) is 1. The van der Waals surface area contributed by atoms with E-state index in [9.17, 15) is 9.59 Å². The van der Waals surface area contributed by atoms with Crippen LogP contribution in [0.15, 0.2) is 42.2 Å². The number of likely N-dealkylation sites (N-methyl/N-ethyl adjacent to an activating group) is 1. The maximum absolute atomic E-state index is 12.7. The first-order valence-corrected chi connectivity index (χ1v) is 11.8. The molecule has 1 aromatic carbocycles. The minimum Gasteiger partial charge on any atom is -0.415 e. The van der Waals surface area contributed by atoms with Gasteiger partial charge >= 0.3 is 6.09 Å². The van der Waals surface area contributed by atoms with Crippen LogP contribution < -0.4 is 11.1 Å². The van der Waals surface area contributed by atoms with Crippen molar-refractivity contribution in [2.24, 2.45) is 11.7 Å². The fraction of sp³-hybridized carbons (Fsp3) is 0.600. The molecule has 7 nitrogen and oxygen atoms in total. The summed E-state index contributed by atoms with van der Waals surface area (Å²) >= 11 is 0.